The van der Waals surface area contributed by atoms with E-state index < -0.39 is 29.3 Å². The number of nitrogens with one attached hydrogen (secondary N) is 4. The maximum absolute atomic E-state index is 13.5. The minimum atomic E-state index is -0.702. The van der Waals surface area contributed by atoms with E-state index in [1.807, 2.05) is 0 Å². The molecule has 4 amide bonds. The lowest BCUT2D eigenvalue weighted by Crippen LogP contribution is -2.45. The van der Waals surface area contributed by atoms with Gasteiger partial charge in [-0.1, -0.05) is 0 Å². The first-order valence-electron chi connectivity index (χ1n) is 15.6. The van der Waals surface area contributed by atoms with Gasteiger partial charge in [-0.05, 0) is 107 Å². The van der Waals surface area contributed by atoms with E-state index >= 15 is 0 Å². The average Bonchev–Trinajstić information content (AvgIpc) is 3.04. The van der Waals surface area contributed by atoms with Crippen molar-refractivity contribution in [2.24, 2.45) is 0 Å². The van der Waals surface area contributed by atoms with E-state index in [1.54, 1.807) is 75.4 Å². The third-order valence-electron chi connectivity index (χ3n) is 7.35. The minimum absolute atomic E-state index is 0.0512. The topological polar surface area (TPSA) is 189 Å². The second kappa shape index (κ2) is 16.1. The Balaban J connectivity index is 1.49. The number of hydrogen-bond acceptors (Lipinski definition) is 10. The molecular weight excluding hydrogens is 634 g/mol. The molecule has 0 radical (unpaired) electrons. The predicted octanol–water partition coefficient (Wildman–Crippen LogP) is 5.69. The number of carbonyl (C=O) groups excluding carboxylic acids is 4. The molecule has 3 aromatic carbocycles. The van der Waals surface area contributed by atoms with Crippen LogP contribution in [0.15, 0.2) is 66.7 Å². The fourth-order valence-corrected chi connectivity index (χ4v) is 5.00. The van der Waals surface area contributed by atoms with E-state index in [4.69, 9.17) is 19.6 Å². The number of benzene rings is 3. The molecule has 0 spiro atoms. The molecule has 1 fully saturated rings. The molecule has 49 heavy (non-hydrogen) atoms. The highest BCUT2D eigenvalue weighted by atomic mass is 16.6. The van der Waals surface area contributed by atoms with Gasteiger partial charge in [-0.2, -0.15) is 5.06 Å². The van der Waals surface area contributed by atoms with Crippen LogP contribution in [0.2, 0.25) is 0 Å². The van der Waals surface area contributed by atoms with Crippen LogP contribution in [0.3, 0.4) is 0 Å². The van der Waals surface area contributed by atoms with Gasteiger partial charge in [0.05, 0.1) is 7.11 Å². The van der Waals surface area contributed by atoms with Gasteiger partial charge in [-0.25, -0.2) is 10.3 Å². The van der Waals surface area contributed by atoms with Gasteiger partial charge in [0, 0.05) is 41.8 Å². The third-order valence-corrected chi connectivity index (χ3v) is 7.35. The SMILES string of the molecule is CONC(=O)c1ccc(Oc2cc(Oc3ccc(C(=N)N(O)C(C)=O)cc3)cc(C(=O)NC3CCC(NC(=O)OC(C)(C)C)CC3)c2)cc1. The summed E-state index contributed by atoms with van der Waals surface area (Å²) in [7, 11) is 1.34. The number of alkyl carbamates (subject to hydrolysis) is 1. The normalized spacial score (nSPS) is 15.7. The van der Waals surface area contributed by atoms with Crippen LogP contribution in [0.25, 0.3) is 0 Å². The average molecular weight is 676 g/mol. The first-order valence-corrected chi connectivity index (χ1v) is 15.6. The molecule has 0 aliphatic heterocycles. The van der Waals surface area contributed by atoms with Crippen LogP contribution in [-0.2, 0) is 14.4 Å². The highest BCUT2D eigenvalue weighted by molar-refractivity contribution is 6.04. The number of nitrogens with zero attached hydrogens (tertiary/aromatic N) is 1. The maximum atomic E-state index is 13.5. The van der Waals surface area contributed by atoms with Gasteiger partial charge < -0.3 is 24.8 Å². The molecule has 4 rings (SSSR count). The quantitative estimate of drug-likeness (QED) is 0.0778. The van der Waals surface area contributed by atoms with Crippen LogP contribution in [0.5, 0.6) is 23.0 Å². The number of amides is 4. The molecule has 14 heteroatoms. The minimum Gasteiger partial charge on any atom is -0.457 e. The van der Waals surface area contributed by atoms with Crippen LogP contribution in [0.1, 0.15) is 79.7 Å². The van der Waals surface area contributed by atoms with Gasteiger partial charge >= 0.3 is 6.09 Å². The molecule has 0 unspecified atom stereocenters. The van der Waals surface area contributed by atoms with Gasteiger partial charge in [-0.3, -0.25) is 29.8 Å². The second-order valence-corrected chi connectivity index (χ2v) is 12.4. The van der Waals surface area contributed by atoms with Crippen LogP contribution in [0.4, 0.5) is 4.79 Å². The number of amidine groups is 1. The Morgan fingerprint density at radius 3 is 1.69 bits per heavy atom. The monoisotopic (exact) mass is 675 g/mol. The molecule has 0 atom stereocenters. The van der Waals surface area contributed by atoms with Gasteiger partial charge in [0.25, 0.3) is 11.8 Å². The summed E-state index contributed by atoms with van der Waals surface area (Å²) in [4.78, 5) is 53.8. The lowest BCUT2D eigenvalue weighted by Gasteiger charge is -2.30. The zero-order valence-electron chi connectivity index (χ0n) is 28.0. The van der Waals surface area contributed by atoms with Crippen molar-refractivity contribution < 1.29 is 43.4 Å². The van der Waals surface area contributed by atoms with Gasteiger partial charge in [0.1, 0.15) is 28.6 Å². The zero-order chi connectivity index (χ0) is 35.7. The van der Waals surface area contributed by atoms with Crippen molar-refractivity contribution in [1.29, 1.82) is 5.41 Å². The molecule has 0 aromatic heterocycles. The van der Waals surface area contributed by atoms with Gasteiger partial charge in [-0.15, -0.1) is 0 Å². The van der Waals surface area contributed by atoms with E-state index in [0.29, 0.717) is 42.7 Å². The van der Waals surface area contributed by atoms with Crippen molar-refractivity contribution in [3.8, 4) is 23.0 Å². The second-order valence-electron chi connectivity index (χ2n) is 12.4. The predicted molar refractivity (Wildman–Crippen MR) is 178 cm³/mol. The van der Waals surface area contributed by atoms with E-state index in [1.165, 1.54) is 19.2 Å². The Morgan fingerprint density at radius 1 is 0.735 bits per heavy atom. The van der Waals surface area contributed by atoms with Crippen LogP contribution in [0, 0.1) is 5.41 Å². The Bertz CT molecular complexity index is 1660. The summed E-state index contributed by atoms with van der Waals surface area (Å²) in [6.45, 7) is 6.55. The van der Waals surface area contributed by atoms with Gasteiger partial charge in [0.15, 0.2) is 5.84 Å². The van der Waals surface area contributed by atoms with Crippen LogP contribution < -0.4 is 25.6 Å². The molecule has 0 heterocycles. The largest absolute Gasteiger partial charge is 0.457 e. The Morgan fingerprint density at radius 2 is 1.22 bits per heavy atom. The van der Waals surface area contributed by atoms with Crippen LogP contribution >= 0.6 is 0 Å². The summed E-state index contributed by atoms with van der Waals surface area (Å²) in [6, 6.07) is 17.0. The first kappa shape index (κ1) is 36.4. The maximum Gasteiger partial charge on any atom is 0.407 e. The molecule has 1 aliphatic rings. The molecule has 3 aromatic rings. The standard InChI is InChI=1S/C35H41N5O9/c1-21(41)40(45)31(36)22-6-14-27(15-7-22)47-29-18-24(19-30(20-29)48-28-16-8-23(9-17-28)33(43)39-46-5)32(42)37-25-10-12-26(13-11-25)38-34(44)49-35(2,3)4/h6-9,14-20,25-26,36,45H,10-13H2,1-5H3,(H,37,42)(H,38,44)(H,39,43). The highest BCUT2D eigenvalue weighted by Gasteiger charge is 2.26. The highest BCUT2D eigenvalue weighted by Crippen LogP contribution is 2.31. The summed E-state index contributed by atoms with van der Waals surface area (Å²) >= 11 is 0. The molecule has 5 N–H and O–H groups in total. The van der Waals surface area contributed by atoms with Crippen molar-refractivity contribution in [2.75, 3.05) is 7.11 Å². The fourth-order valence-electron chi connectivity index (χ4n) is 5.00. The molecule has 0 saturated heterocycles. The van der Waals surface area contributed by atoms with Crippen molar-refractivity contribution in [2.45, 2.75) is 71.1 Å². The number of ether oxygens (including phenoxy) is 3. The summed E-state index contributed by atoms with van der Waals surface area (Å²) in [5, 5.41) is 24.0. The van der Waals surface area contributed by atoms with Gasteiger partial charge in [0.2, 0.25) is 5.91 Å². The summed E-state index contributed by atoms with van der Waals surface area (Å²) < 4.78 is 17.5. The molecule has 14 nitrogen and oxygen atoms in total. The van der Waals surface area contributed by atoms with E-state index in [-0.39, 0.29) is 45.7 Å². The molecule has 1 saturated carbocycles. The smallest absolute Gasteiger partial charge is 0.407 e. The molecule has 1 aliphatic carbocycles. The summed E-state index contributed by atoms with van der Waals surface area (Å²) in [5.74, 6) is -0.544. The number of hydroxylamine groups is 3. The lowest BCUT2D eigenvalue weighted by atomic mass is 9.91. The third kappa shape index (κ3) is 10.8. The molecular formula is C35H41N5O9. The Hall–Kier alpha value is -5.47. The molecule has 0 bridgehead atoms. The van der Waals surface area contributed by atoms with E-state index in [0.717, 1.165) is 6.92 Å². The molecule has 260 valence electrons. The van der Waals surface area contributed by atoms with Crippen LogP contribution in [-0.4, -0.2) is 64.7 Å². The van der Waals surface area contributed by atoms with Crippen molar-refractivity contribution in [3.63, 3.8) is 0 Å². The van der Waals surface area contributed by atoms with Crippen molar-refractivity contribution in [3.05, 3.63) is 83.4 Å². The lowest BCUT2D eigenvalue weighted by molar-refractivity contribution is -0.146. The fraction of sp³-hybridized carbons (Fsp3) is 0.343. The zero-order valence-corrected chi connectivity index (χ0v) is 28.0. The number of carbonyl (C=O) groups is 4. The Kier molecular flexibility index (Phi) is 11.9. The van der Waals surface area contributed by atoms with Crippen molar-refractivity contribution >= 4 is 29.7 Å². The summed E-state index contributed by atoms with van der Waals surface area (Å²) in [6.07, 6.45) is 2.20. The van der Waals surface area contributed by atoms with E-state index in [9.17, 15) is 24.4 Å². The first-order chi connectivity index (χ1) is 23.2. The summed E-state index contributed by atoms with van der Waals surface area (Å²) in [5.41, 5.74) is 2.56. The Labute approximate surface area is 284 Å². The number of rotatable bonds is 10. The van der Waals surface area contributed by atoms with Crippen molar-refractivity contribution in [1.82, 2.24) is 21.2 Å². The van der Waals surface area contributed by atoms with E-state index in [2.05, 4.69) is 21.0 Å². The number of hydrogen-bond donors (Lipinski definition) is 5.